The summed E-state index contributed by atoms with van der Waals surface area (Å²) in [5, 5.41) is 15.9. The van der Waals surface area contributed by atoms with Gasteiger partial charge in [-0.2, -0.15) is 4.98 Å². The summed E-state index contributed by atoms with van der Waals surface area (Å²) in [6.45, 7) is 3.19. The van der Waals surface area contributed by atoms with Crippen LogP contribution in [0.15, 0.2) is 57.2 Å². The Morgan fingerprint density at radius 1 is 1.14 bits per heavy atom. The number of aromatic nitrogens is 3. The minimum absolute atomic E-state index is 0.0251. The predicted molar refractivity (Wildman–Crippen MR) is 139 cm³/mol. The van der Waals surface area contributed by atoms with Gasteiger partial charge in [0.1, 0.15) is 5.75 Å². The molecule has 0 unspecified atom stereocenters. The molecule has 1 saturated heterocycles. The van der Waals surface area contributed by atoms with Gasteiger partial charge >= 0.3 is 11.4 Å². The van der Waals surface area contributed by atoms with Crippen molar-refractivity contribution in [3.05, 3.63) is 84.5 Å². The molecule has 11 nitrogen and oxygen atoms in total. The van der Waals surface area contributed by atoms with E-state index < -0.39 is 17.3 Å². The van der Waals surface area contributed by atoms with Gasteiger partial charge < -0.3 is 10.4 Å². The van der Waals surface area contributed by atoms with Crippen LogP contribution < -0.4 is 16.7 Å². The van der Waals surface area contributed by atoms with Crippen LogP contribution in [0.1, 0.15) is 24.0 Å². The highest BCUT2D eigenvalue weighted by Crippen LogP contribution is 2.23. The molecule has 1 fully saturated rings. The third-order valence-electron chi connectivity index (χ3n) is 6.47. The van der Waals surface area contributed by atoms with Crippen LogP contribution >= 0.6 is 11.6 Å². The molecule has 0 radical (unpaired) electrons. The van der Waals surface area contributed by atoms with Gasteiger partial charge in [0, 0.05) is 22.4 Å². The molecule has 0 bridgehead atoms. The van der Waals surface area contributed by atoms with Crippen molar-refractivity contribution in [2.75, 3.05) is 25.0 Å². The number of nitrogens with one attached hydrogen (secondary N) is 1. The molecule has 2 N–H and O–H groups in total. The monoisotopic (exact) mass is 526 g/mol. The first-order chi connectivity index (χ1) is 17.7. The summed E-state index contributed by atoms with van der Waals surface area (Å²) in [4.78, 5) is 54.3. The largest absolute Gasteiger partial charge is 0.508 e. The van der Waals surface area contributed by atoms with Crippen LogP contribution in [0, 0.1) is 17.7 Å². The topological polar surface area (TPSA) is 139 Å². The molecule has 0 saturated carbocycles. The summed E-state index contributed by atoms with van der Waals surface area (Å²) in [6.07, 6.45) is 1.31. The van der Waals surface area contributed by atoms with E-state index in [1.807, 2.05) is 4.90 Å². The highest BCUT2D eigenvalue weighted by molar-refractivity contribution is 6.30. The van der Waals surface area contributed by atoms with Crippen LogP contribution in [0.5, 0.6) is 5.75 Å². The van der Waals surface area contributed by atoms with E-state index in [-0.39, 0.29) is 37.3 Å². The highest BCUT2D eigenvalue weighted by Gasteiger charge is 2.24. The minimum Gasteiger partial charge on any atom is -0.508 e. The van der Waals surface area contributed by atoms with E-state index in [9.17, 15) is 24.4 Å². The molecule has 37 heavy (non-hydrogen) atoms. The van der Waals surface area contributed by atoms with Crippen molar-refractivity contribution in [2.24, 2.45) is 11.1 Å². The SMILES string of the molecule is Cc1cc(Nc2nc(=O)n(CC3CCN(CC(=O)N=O)CC3)c(=O)n2Cc2ccc(Cl)cc2)ccc1O. The van der Waals surface area contributed by atoms with E-state index in [1.54, 1.807) is 43.3 Å². The Labute approximate surface area is 217 Å². The van der Waals surface area contributed by atoms with Crippen molar-refractivity contribution >= 4 is 29.1 Å². The van der Waals surface area contributed by atoms with Gasteiger partial charge in [-0.25, -0.2) is 14.2 Å². The fourth-order valence-electron chi connectivity index (χ4n) is 4.36. The molecule has 0 atom stereocenters. The first kappa shape index (κ1) is 26.2. The summed E-state index contributed by atoms with van der Waals surface area (Å²) in [6, 6.07) is 11.9. The molecular formula is C25H27ClN6O5. The molecule has 194 valence electrons. The smallest absolute Gasteiger partial charge is 0.354 e. The van der Waals surface area contributed by atoms with E-state index in [0.29, 0.717) is 42.2 Å². The van der Waals surface area contributed by atoms with Crippen molar-refractivity contribution in [2.45, 2.75) is 32.9 Å². The van der Waals surface area contributed by atoms with Crippen LogP contribution in [0.4, 0.5) is 11.6 Å². The lowest BCUT2D eigenvalue weighted by atomic mass is 9.97. The van der Waals surface area contributed by atoms with Gasteiger partial charge in [0.25, 0.3) is 5.91 Å². The number of halogens is 1. The second kappa shape index (κ2) is 11.5. The molecule has 0 spiro atoms. The number of hydrogen-bond donors (Lipinski definition) is 2. The summed E-state index contributed by atoms with van der Waals surface area (Å²) in [5.74, 6) is -0.465. The quantitative estimate of drug-likeness (QED) is 0.337. The summed E-state index contributed by atoms with van der Waals surface area (Å²) in [7, 11) is 0. The highest BCUT2D eigenvalue weighted by atomic mass is 35.5. The summed E-state index contributed by atoms with van der Waals surface area (Å²) >= 11 is 6.01. The number of carbonyl (C=O) groups excluding carboxylic acids is 1. The van der Waals surface area contributed by atoms with Crippen LogP contribution in [0.25, 0.3) is 0 Å². The first-order valence-electron chi connectivity index (χ1n) is 11.8. The number of rotatable bonds is 8. The number of nitroso groups, excluding NO2 is 1. The Kier molecular flexibility index (Phi) is 8.14. The molecule has 12 heteroatoms. The number of phenols is 1. The minimum atomic E-state index is -0.712. The third kappa shape index (κ3) is 6.49. The van der Waals surface area contributed by atoms with E-state index in [4.69, 9.17) is 11.6 Å². The Morgan fingerprint density at radius 2 is 1.84 bits per heavy atom. The van der Waals surface area contributed by atoms with Crippen molar-refractivity contribution < 1.29 is 9.90 Å². The van der Waals surface area contributed by atoms with Gasteiger partial charge in [0.2, 0.25) is 5.95 Å². The number of carbonyl (C=O) groups is 1. The van der Waals surface area contributed by atoms with Gasteiger partial charge in [0.05, 0.1) is 13.1 Å². The second-order valence-corrected chi connectivity index (χ2v) is 9.59. The number of amides is 1. The maximum atomic E-state index is 13.6. The lowest BCUT2D eigenvalue weighted by Crippen LogP contribution is -2.45. The zero-order valence-corrected chi connectivity index (χ0v) is 21.0. The Hall–Kier alpha value is -3.83. The van der Waals surface area contributed by atoms with Crippen LogP contribution in [-0.2, 0) is 17.9 Å². The number of aromatic hydroxyl groups is 1. The molecule has 1 aliphatic rings. The van der Waals surface area contributed by atoms with Gasteiger partial charge in [-0.1, -0.05) is 23.7 Å². The average molecular weight is 527 g/mol. The van der Waals surface area contributed by atoms with Crippen molar-refractivity contribution in [1.29, 1.82) is 0 Å². The fourth-order valence-corrected chi connectivity index (χ4v) is 4.49. The van der Waals surface area contributed by atoms with Gasteiger partial charge in [0.15, 0.2) is 0 Å². The molecule has 1 aromatic heterocycles. The maximum Gasteiger partial charge on any atom is 0.354 e. The number of anilines is 2. The van der Waals surface area contributed by atoms with Crippen molar-refractivity contribution in [1.82, 2.24) is 19.0 Å². The standard InChI is InChI=1S/C25H27ClN6O5/c1-16-12-20(6-7-21(16)33)27-23-28-24(35)32(14-18-8-10-30(11-9-18)15-22(34)29-37)25(36)31(23)13-17-2-4-19(26)5-3-17/h2-7,12,18,33H,8-11,13-15H2,1H3,(H,27,28,35). The molecule has 2 heterocycles. The molecule has 4 rings (SSSR count). The summed E-state index contributed by atoms with van der Waals surface area (Å²) < 4.78 is 2.54. The van der Waals surface area contributed by atoms with Crippen molar-refractivity contribution in [3.8, 4) is 5.75 Å². The Balaban J connectivity index is 1.62. The molecule has 1 amide bonds. The lowest BCUT2D eigenvalue weighted by molar-refractivity contribution is -0.119. The van der Waals surface area contributed by atoms with Crippen LogP contribution in [0.3, 0.4) is 0 Å². The number of likely N-dealkylation sites (tertiary alicyclic amines) is 1. The molecule has 0 aliphatic carbocycles. The second-order valence-electron chi connectivity index (χ2n) is 9.15. The zero-order chi connectivity index (χ0) is 26.5. The van der Waals surface area contributed by atoms with Gasteiger partial charge in [-0.3, -0.25) is 14.3 Å². The number of piperidine rings is 1. The number of phenolic OH excluding ortho intramolecular Hbond substituents is 1. The fraction of sp³-hybridized carbons (Fsp3) is 0.360. The number of nitrogens with zero attached hydrogens (tertiary/aromatic N) is 5. The van der Waals surface area contributed by atoms with E-state index >= 15 is 0 Å². The molecule has 2 aromatic carbocycles. The number of hydrogen-bond acceptors (Lipinski definition) is 8. The van der Waals surface area contributed by atoms with Crippen LogP contribution in [-0.4, -0.2) is 49.7 Å². The number of aryl methyl sites for hydroxylation is 1. The lowest BCUT2D eigenvalue weighted by Gasteiger charge is -2.30. The Bertz CT molecular complexity index is 1410. The predicted octanol–water partition coefficient (Wildman–Crippen LogP) is 2.87. The normalized spacial score (nSPS) is 14.4. The van der Waals surface area contributed by atoms with E-state index in [1.165, 1.54) is 10.6 Å². The van der Waals surface area contributed by atoms with E-state index in [0.717, 1.165) is 10.1 Å². The van der Waals surface area contributed by atoms with E-state index in [2.05, 4.69) is 15.5 Å². The number of benzene rings is 2. The third-order valence-corrected chi connectivity index (χ3v) is 6.72. The molecule has 3 aromatic rings. The van der Waals surface area contributed by atoms with Crippen molar-refractivity contribution in [3.63, 3.8) is 0 Å². The van der Waals surface area contributed by atoms with Crippen LogP contribution in [0.2, 0.25) is 5.02 Å². The molecular weight excluding hydrogens is 500 g/mol. The first-order valence-corrected chi connectivity index (χ1v) is 12.2. The zero-order valence-electron chi connectivity index (χ0n) is 20.3. The Morgan fingerprint density at radius 3 is 2.49 bits per heavy atom. The summed E-state index contributed by atoms with van der Waals surface area (Å²) in [5.41, 5.74) is 0.817. The average Bonchev–Trinajstić information content (AvgIpc) is 2.88. The van der Waals surface area contributed by atoms with Gasteiger partial charge in [-0.15, -0.1) is 4.91 Å². The maximum absolute atomic E-state index is 13.6. The van der Waals surface area contributed by atoms with Gasteiger partial charge in [-0.05, 0) is 80.2 Å². The molecule has 1 aliphatic heterocycles.